The summed E-state index contributed by atoms with van der Waals surface area (Å²) in [4.78, 5) is 2.15. The highest BCUT2D eigenvalue weighted by Crippen LogP contribution is 2.18. The standard InChI is InChI=1S/C13H20FN3O2S/c1-2-17-4-3-10(9-17)8-16-20(18,19)13-6-11(14)5-12(15)7-13/h5-7,10,16H,2-4,8-9,15H2,1H3. The van der Waals surface area contributed by atoms with Crippen LogP contribution >= 0.6 is 0 Å². The third-order valence-electron chi connectivity index (χ3n) is 3.58. The van der Waals surface area contributed by atoms with Crippen molar-refractivity contribution in [2.24, 2.45) is 5.92 Å². The maximum Gasteiger partial charge on any atom is 0.240 e. The molecular formula is C13H20FN3O2S. The van der Waals surface area contributed by atoms with E-state index >= 15 is 0 Å². The molecular weight excluding hydrogens is 281 g/mol. The van der Waals surface area contributed by atoms with Crippen LogP contribution in [0.3, 0.4) is 0 Å². The largest absolute Gasteiger partial charge is 0.399 e. The topological polar surface area (TPSA) is 75.4 Å². The number of anilines is 1. The Labute approximate surface area is 119 Å². The SMILES string of the molecule is CCN1CCC(CNS(=O)(=O)c2cc(N)cc(F)c2)C1. The smallest absolute Gasteiger partial charge is 0.240 e. The molecule has 1 fully saturated rings. The summed E-state index contributed by atoms with van der Waals surface area (Å²) in [5.41, 5.74) is 5.57. The van der Waals surface area contributed by atoms with Crippen molar-refractivity contribution in [1.29, 1.82) is 0 Å². The number of nitrogens with one attached hydrogen (secondary N) is 1. The number of nitrogens with zero attached hydrogens (tertiary/aromatic N) is 1. The highest BCUT2D eigenvalue weighted by atomic mass is 32.2. The fourth-order valence-electron chi connectivity index (χ4n) is 2.42. The minimum atomic E-state index is -3.71. The molecule has 1 aliphatic rings. The number of nitrogen functional groups attached to an aromatic ring is 1. The summed E-state index contributed by atoms with van der Waals surface area (Å²) in [5.74, 6) is -0.348. The van der Waals surface area contributed by atoms with Crippen LogP contribution in [0.2, 0.25) is 0 Å². The summed E-state index contributed by atoms with van der Waals surface area (Å²) in [5, 5.41) is 0. The van der Waals surface area contributed by atoms with Gasteiger partial charge in [0.15, 0.2) is 0 Å². The van der Waals surface area contributed by atoms with Gasteiger partial charge in [-0.1, -0.05) is 6.92 Å². The minimum absolute atomic E-state index is 0.100. The Balaban J connectivity index is 2.01. The van der Waals surface area contributed by atoms with E-state index in [2.05, 4.69) is 16.5 Å². The molecule has 1 aromatic rings. The second-order valence-electron chi connectivity index (χ2n) is 5.12. The van der Waals surface area contributed by atoms with Gasteiger partial charge in [0.05, 0.1) is 4.90 Å². The quantitative estimate of drug-likeness (QED) is 0.797. The van der Waals surface area contributed by atoms with Crippen LogP contribution in [0.15, 0.2) is 23.1 Å². The molecule has 20 heavy (non-hydrogen) atoms. The lowest BCUT2D eigenvalue weighted by atomic mass is 10.1. The molecule has 1 unspecified atom stereocenters. The molecule has 0 radical (unpaired) electrons. The summed E-state index contributed by atoms with van der Waals surface area (Å²) < 4.78 is 40.0. The van der Waals surface area contributed by atoms with E-state index in [4.69, 9.17) is 5.73 Å². The van der Waals surface area contributed by atoms with E-state index in [0.717, 1.165) is 38.2 Å². The second-order valence-corrected chi connectivity index (χ2v) is 6.89. The first kappa shape index (κ1) is 15.2. The molecule has 0 aliphatic carbocycles. The van der Waals surface area contributed by atoms with Crippen molar-refractivity contribution < 1.29 is 12.8 Å². The number of nitrogens with two attached hydrogens (primary N) is 1. The normalized spacial score (nSPS) is 20.4. The molecule has 7 heteroatoms. The van der Waals surface area contributed by atoms with Gasteiger partial charge in [-0.05, 0) is 43.6 Å². The Morgan fingerprint density at radius 3 is 2.80 bits per heavy atom. The third kappa shape index (κ3) is 3.68. The van der Waals surface area contributed by atoms with Gasteiger partial charge < -0.3 is 10.6 Å². The zero-order chi connectivity index (χ0) is 14.8. The molecule has 1 atom stereocenters. The van der Waals surface area contributed by atoms with Crippen LogP contribution in [0.25, 0.3) is 0 Å². The van der Waals surface area contributed by atoms with Gasteiger partial charge >= 0.3 is 0 Å². The predicted molar refractivity (Wildman–Crippen MR) is 76.2 cm³/mol. The number of sulfonamides is 1. The molecule has 0 spiro atoms. The Kier molecular flexibility index (Phi) is 4.62. The number of hydrogen-bond acceptors (Lipinski definition) is 4. The Bertz CT molecular complexity index is 557. The highest BCUT2D eigenvalue weighted by Gasteiger charge is 2.23. The Morgan fingerprint density at radius 1 is 1.45 bits per heavy atom. The van der Waals surface area contributed by atoms with Crippen molar-refractivity contribution in [3.05, 3.63) is 24.0 Å². The van der Waals surface area contributed by atoms with Gasteiger partial charge in [-0.2, -0.15) is 0 Å². The fraction of sp³-hybridized carbons (Fsp3) is 0.538. The summed E-state index contributed by atoms with van der Waals surface area (Å²) in [7, 11) is -3.71. The molecule has 0 amide bonds. The number of likely N-dealkylation sites (tertiary alicyclic amines) is 1. The van der Waals surface area contributed by atoms with Crippen molar-refractivity contribution in [1.82, 2.24) is 9.62 Å². The molecule has 1 aromatic carbocycles. The van der Waals surface area contributed by atoms with E-state index in [1.165, 1.54) is 6.07 Å². The van der Waals surface area contributed by atoms with Crippen LogP contribution < -0.4 is 10.5 Å². The number of rotatable bonds is 5. The Morgan fingerprint density at radius 2 is 2.20 bits per heavy atom. The third-order valence-corrected chi connectivity index (χ3v) is 4.99. The average molecular weight is 301 g/mol. The molecule has 2 rings (SSSR count). The van der Waals surface area contributed by atoms with E-state index in [0.29, 0.717) is 12.5 Å². The second kappa shape index (κ2) is 6.07. The number of hydrogen-bond donors (Lipinski definition) is 2. The van der Waals surface area contributed by atoms with E-state index in [1.54, 1.807) is 0 Å². The van der Waals surface area contributed by atoms with Gasteiger partial charge in [-0.15, -0.1) is 0 Å². The van der Waals surface area contributed by atoms with Crippen LogP contribution in [0.4, 0.5) is 10.1 Å². The summed E-state index contributed by atoms with van der Waals surface area (Å²) in [6, 6.07) is 3.33. The maximum atomic E-state index is 13.2. The molecule has 0 aromatic heterocycles. The molecule has 1 aliphatic heterocycles. The van der Waals surface area contributed by atoms with Gasteiger partial charge in [0, 0.05) is 18.8 Å². The zero-order valence-corrected chi connectivity index (χ0v) is 12.3. The van der Waals surface area contributed by atoms with Crippen LogP contribution in [0, 0.1) is 11.7 Å². The lowest BCUT2D eigenvalue weighted by molar-refractivity contribution is 0.342. The van der Waals surface area contributed by atoms with Gasteiger partial charge in [0.25, 0.3) is 0 Å². The summed E-state index contributed by atoms with van der Waals surface area (Å²) in [6.07, 6.45) is 0.974. The van der Waals surface area contributed by atoms with Gasteiger partial charge in [0.2, 0.25) is 10.0 Å². The molecule has 1 saturated heterocycles. The van der Waals surface area contributed by atoms with Gasteiger partial charge in [-0.3, -0.25) is 0 Å². The molecule has 5 nitrogen and oxygen atoms in total. The first-order valence-corrected chi connectivity index (χ1v) is 8.17. The maximum absolute atomic E-state index is 13.2. The van der Waals surface area contributed by atoms with E-state index in [-0.39, 0.29) is 10.6 Å². The highest BCUT2D eigenvalue weighted by molar-refractivity contribution is 7.89. The van der Waals surface area contributed by atoms with Crippen LogP contribution in [-0.4, -0.2) is 39.5 Å². The van der Waals surface area contributed by atoms with E-state index in [1.807, 2.05) is 0 Å². The Hall–Kier alpha value is -1.18. The lowest BCUT2D eigenvalue weighted by Crippen LogP contribution is -2.31. The van der Waals surface area contributed by atoms with Gasteiger partial charge in [-0.25, -0.2) is 17.5 Å². The molecule has 0 saturated carbocycles. The monoisotopic (exact) mass is 301 g/mol. The van der Waals surface area contributed by atoms with E-state index in [9.17, 15) is 12.8 Å². The van der Waals surface area contributed by atoms with Crippen molar-refractivity contribution in [2.75, 3.05) is 31.9 Å². The van der Waals surface area contributed by atoms with Gasteiger partial charge in [0.1, 0.15) is 5.82 Å². The first-order valence-electron chi connectivity index (χ1n) is 6.69. The zero-order valence-electron chi connectivity index (χ0n) is 11.5. The first-order chi connectivity index (χ1) is 9.40. The van der Waals surface area contributed by atoms with Crippen molar-refractivity contribution in [2.45, 2.75) is 18.2 Å². The van der Waals surface area contributed by atoms with Crippen LogP contribution in [0.5, 0.6) is 0 Å². The van der Waals surface area contributed by atoms with Crippen molar-refractivity contribution in [3.63, 3.8) is 0 Å². The molecule has 1 heterocycles. The predicted octanol–water partition coefficient (Wildman–Crippen LogP) is 1.03. The van der Waals surface area contributed by atoms with Crippen LogP contribution in [-0.2, 0) is 10.0 Å². The molecule has 3 N–H and O–H groups in total. The number of benzene rings is 1. The fourth-order valence-corrected chi connectivity index (χ4v) is 3.60. The molecule has 112 valence electrons. The van der Waals surface area contributed by atoms with E-state index < -0.39 is 15.8 Å². The molecule has 0 bridgehead atoms. The van der Waals surface area contributed by atoms with Crippen molar-refractivity contribution >= 4 is 15.7 Å². The lowest BCUT2D eigenvalue weighted by Gasteiger charge is -2.14. The van der Waals surface area contributed by atoms with Crippen molar-refractivity contribution in [3.8, 4) is 0 Å². The minimum Gasteiger partial charge on any atom is -0.399 e. The van der Waals surface area contributed by atoms with Crippen LogP contribution in [0.1, 0.15) is 13.3 Å². The summed E-state index contributed by atoms with van der Waals surface area (Å²) >= 11 is 0. The average Bonchev–Trinajstić information content (AvgIpc) is 2.83. The number of halogens is 1. The summed E-state index contributed by atoms with van der Waals surface area (Å²) in [6.45, 7) is 5.32.